The van der Waals surface area contributed by atoms with Gasteiger partial charge in [-0.2, -0.15) is 8.78 Å². The summed E-state index contributed by atoms with van der Waals surface area (Å²) in [5, 5.41) is 3.30. The molecule has 1 aliphatic heterocycles. The summed E-state index contributed by atoms with van der Waals surface area (Å²) in [5.41, 5.74) is 0. The fraction of sp³-hybridized carbons (Fsp3) is 0.692. The van der Waals surface area contributed by atoms with Crippen molar-refractivity contribution in [3.63, 3.8) is 0 Å². The summed E-state index contributed by atoms with van der Waals surface area (Å²) in [4.78, 5) is 0. The molecule has 1 atom stereocenters. The number of alkyl halides is 2. The maximum Gasteiger partial charge on any atom is 0.284 e. The number of furan rings is 1. The highest BCUT2D eigenvalue weighted by molar-refractivity contribution is 7.98. The summed E-state index contributed by atoms with van der Waals surface area (Å²) < 4.78 is 34.8. The van der Waals surface area contributed by atoms with Gasteiger partial charge < -0.3 is 14.5 Å². The van der Waals surface area contributed by atoms with Gasteiger partial charge in [0.15, 0.2) is 0 Å². The van der Waals surface area contributed by atoms with Gasteiger partial charge in [-0.3, -0.25) is 0 Å². The molecule has 6 heteroatoms. The molecule has 1 aromatic rings. The van der Waals surface area contributed by atoms with Crippen LogP contribution in [0.1, 0.15) is 24.4 Å². The van der Waals surface area contributed by atoms with Gasteiger partial charge in [-0.15, -0.1) is 0 Å². The van der Waals surface area contributed by atoms with Gasteiger partial charge >= 0.3 is 0 Å². The predicted octanol–water partition coefficient (Wildman–Crippen LogP) is 3.25. The molecule has 0 aromatic carbocycles. The number of halogens is 2. The first-order chi connectivity index (χ1) is 9.24. The van der Waals surface area contributed by atoms with Crippen LogP contribution in [0.4, 0.5) is 8.78 Å². The lowest BCUT2D eigenvalue weighted by Gasteiger charge is -2.07. The smallest absolute Gasteiger partial charge is 0.284 e. The molecular weight excluding hydrogens is 272 g/mol. The van der Waals surface area contributed by atoms with Gasteiger partial charge in [0.05, 0.1) is 12.3 Å². The molecule has 1 aromatic heterocycles. The van der Waals surface area contributed by atoms with E-state index in [-0.39, 0.29) is 5.75 Å². The molecule has 0 aliphatic carbocycles. The number of ether oxygens (including phenoxy) is 1. The molecule has 0 bridgehead atoms. The zero-order valence-electron chi connectivity index (χ0n) is 10.7. The van der Waals surface area contributed by atoms with Gasteiger partial charge in [0, 0.05) is 13.2 Å². The summed E-state index contributed by atoms with van der Waals surface area (Å²) in [6.07, 6.45) is 2.26. The van der Waals surface area contributed by atoms with E-state index in [0.29, 0.717) is 30.0 Å². The molecule has 0 saturated carbocycles. The second kappa shape index (κ2) is 7.87. The molecule has 108 valence electrons. The van der Waals surface area contributed by atoms with Crippen LogP contribution in [0.25, 0.3) is 0 Å². The van der Waals surface area contributed by atoms with Gasteiger partial charge in [-0.25, -0.2) is 0 Å². The first-order valence-electron chi connectivity index (χ1n) is 6.50. The van der Waals surface area contributed by atoms with E-state index in [9.17, 15) is 8.78 Å². The maximum absolute atomic E-state index is 12.0. The Hall–Kier alpha value is -0.590. The van der Waals surface area contributed by atoms with Crippen molar-refractivity contribution in [1.29, 1.82) is 0 Å². The van der Waals surface area contributed by atoms with Gasteiger partial charge in [0.2, 0.25) is 0 Å². The van der Waals surface area contributed by atoms with E-state index in [2.05, 4.69) is 5.32 Å². The Labute approximate surface area is 116 Å². The summed E-state index contributed by atoms with van der Waals surface area (Å²) >= 11 is 0.581. The van der Waals surface area contributed by atoms with Crippen molar-refractivity contribution in [3.05, 3.63) is 23.7 Å². The number of rotatable bonds is 8. The molecule has 1 saturated heterocycles. The van der Waals surface area contributed by atoms with Crippen molar-refractivity contribution in [2.75, 3.05) is 19.8 Å². The molecule has 3 nitrogen and oxygen atoms in total. The van der Waals surface area contributed by atoms with E-state index in [4.69, 9.17) is 9.15 Å². The Morgan fingerprint density at radius 2 is 2.21 bits per heavy atom. The first-order valence-corrected chi connectivity index (χ1v) is 7.54. The molecule has 1 N–H and O–H groups in total. The van der Waals surface area contributed by atoms with E-state index in [1.807, 2.05) is 6.07 Å². The lowest BCUT2D eigenvalue weighted by molar-refractivity contribution is 0.184. The third-order valence-electron chi connectivity index (χ3n) is 3.12. The number of thioether (sulfide) groups is 1. The van der Waals surface area contributed by atoms with Crippen LogP contribution in [0.3, 0.4) is 0 Å². The molecule has 0 radical (unpaired) electrons. The second-order valence-electron chi connectivity index (χ2n) is 4.63. The fourth-order valence-electron chi connectivity index (χ4n) is 2.07. The van der Waals surface area contributed by atoms with Crippen molar-refractivity contribution < 1.29 is 17.9 Å². The minimum atomic E-state index is -2.35. The lowest BCUT2D eigenvalue weighted by Crippen LogP contribution is -2.17. The molecule has 2 heterocycles. The fourth-order valence-corrected chi connectivity index (χ4v) is 2.51. The van der Waals surface area contributed by atoms with Crippen LogP contribution in [-0.4, -0.2) is 25.5 Å². The highest BCUT2D eigenvalue weighted by Gasteiger charge is 2.14. The molecule has 0 spiro atoms. The van der Waals surface area contributed by atoms with Crippen LogP contribution in [0.15, 0.2) is 16.5 Å². The summed E-state index contributed by atoms with van der Waals surface area (Å²) in [5.74, 6) is -0.0573. The van der Waals surface area contributed by atoms with Crippen molar-refractivity contribution in [1.82, 2.24) is 5.32 Å². The van der Waals surface area contributed by atoms with E-state index in [1.165, 1.54) is 0 Å². The van der Waals surface area contributed by atoms with Crippen LogP contribution >= 0.6 is 11.8 Å². The SMILES string of the molecule is FC(F)SCc1ccc(CNCCC2CCOC2)o1. The second-order valence-corrected chi connectivity index (χ2v) is 5.61. The number of hydrogen-bond donors (Lipinski definition) is 1. The standard InChI is InChI=1S/C13H19F2NO2S/c14-13(15)19-9-12-2-1-11(18-12)7-16-5-3-10-4-6-17-8-10/h1-2,10,13,16H,3-9H2. The van der Waals surface area contributed by atoms with Gasteiger partial charge in [-0.05, 0) is 37.4 Å². The van der Waals surface area contributed by atoms with Gasteiger partial charge in [-0.1, -0.05) is 11.8 Å². The Morgan fingerprint density at radius 1 is 1.37 bits per heavy atom. The third-order valence-corrected chi connectivity index (χ3v) is 3.82. The van der Waals surface area contributed by atoms with Gasteiger partial charge in [0.1, 0.15) is 11.5 Å². The summed E-state index contributed by atoms with van der Waals surface area (Å²) in [6.45, 7) is 3.33. The number of nitrogens with one attached hydrogen (secondary N) is 1. The summed E-state index contributed by atoms with van der Waals surface area (Å²) in [6, 6.07) is 3.60. The van der Waals surface area contributed by atoms with Crippen LogP contribution < -0.4 is 5.32 Å². The van der Waals surface area contributed by atoms with Crippen molar-refractivity contribution in [2.24, 2.45) is 5.92 Å². The Bertz CT molecular complexity index is 367. The lowest BCUT2D eigenvalue weighted by atomic mass is 10.1. The van der Waals surface area contributed by atoms with Gasteiger partial charge in [0.25, 0.3) is 5.76 Å². The Balaban J connectivity index is 1.60. The zero-order valence-corrected chi connectivity index (χ0v) is 11.6. The Morgan fingerprint density at radius 3 is 2.95 bits per heavy atom. The molecule has 1 fully saturated rings. The first kappa shape index (κ1) is 14.8. The topological polar surface area (TPSA) is 34.4 Å². The Kier molecular flexibility index (Phi) is 6.13. The monoisotopic (exact) mass is 291 g/mol. The van der Waals surface area contributed by atoms with Crippen LogP contribution in [0.5, 0.6) is 0 Å². The molecule has 19 heavy (non-hydrogen) atoms. The van der Waals surface area contributed by atoms with Crippen LogP contribution in [-0.2, 0) is 17.0 Å². The highest BCUT2D eigenvalue weighted by atomic mass is 32.2. The maximum atomic E-state index is 12.0. The number of hydrogen-bond acceptors (Lipinski definition) is 4. The van der Waals surface area contributed by atoms with Crippen molar-refractivity contribution in [2.45, 2.75) is 30.9 Å². The molecule has 1 aliphatic rings. The predicted molar refractivity (Wildman–Crippen MR) is 71.3 cm³/mol. The zero-order chi connectivity index (χ0) is 13.5. The van der Waals surface area contributed by atoms with E-state index >= 15 is 0 Å². The average Bonchev–Trinajstić information content (AvgIpc) is 3.04. The molecule has 2 rings (SSSR count). The van der Waals surface area contributed by atoms with E-state index in [0.717, 1.165) is 38.4 Å². The minimum Gasteiger partial charge on any atom is -0.464 e. The average molecular weight is 291 g/mol. The largest absolute Gasteiger partial charge is 0.464 e. The minimum absolute atomic E-state index is 0.219. The normalized spacial score (nSPS) is 19.4. The van der Waals surface area contributed by atoms with Crippen LogP contribution in [0.2, 0.25) is 0 Å². The molecule has 1 unspecified atom stereocenters. The summed E-state index contributed by atoms with van der Waals surface area (Å²) in [7, 11) is 0. The van der Waals surface area contributed by atoms with E-state index in [1.54, 1.807) is 6.07 Å². The van der Waals surface area contributed by atoms with Crippen molar-refractivity contribution in [3.8, 4) is 0 Å². The third kappa shape index (κ3) is 5.50. The van der Waals surface area contributed by atoms with Crippen LogP contribution in [0, 0.1) is 5.92 Å². The highest BCUT2D eigenvalue weighted by Crippen LogP contribution is 2.21. The van der Waals surface area contributed by atoms with E-state index < -0.39 is 5.76 Å². The molecular formula is C13H19F2NO2S. The molecule has 0 amide bonds. The quantitative estimate of drug-likeness (QED) is 0.746. The van der Waals surface area contributed by atoms with Crippen molar-refractivity contribution >= 4 is 11.8 Å².